The Morgan fingerprint density at radius 1 is 1.05 bits per heavy atom. The lowest BCUT2D eigenvalue weighted by Crippen LogP contribution is -2.29. The molecule has 0 aliphatic rings. The number of amides is 1. The van der Waals surface area contributed by atoms with E-state index in [9.17, 15) is 9.18 Å². The molecule has 110 valence electrons. The van der Waals surface area contributed by atoms with Crippen molar-refractivity contribution in [3.8, 4) is 0 Å². The highest BCUT2D eigenvalue weighted by molar-refractivity contribution is 5.92. The van der Waals surface area contributed by atoms with Gasteiger partial charge in [0, 0.05) is 5.69 Å². The minimum absolute atomic E-state index is 0.0713. The van der Waals surface area contributed by atoms with Crippen molar-refractivity contribution in [1.29, 1.82) is 0 Å². The van der Waals surface area contributed by atoms with Gasteiger partial charge in [0.15, 0.2) is 0 Å². The van der Waals surface area contributed by atoms with Crippen LogP contribution in [0.25, 0.3) is 0 Å². The molecule has 0 saturated heterocycles. The van der Waals surface area contributed by atoms with Gasteiger partial charge >= 0.3 is 0 Å². The van der Waals surface area contributed by atoms with Crippen LogP contribution in [0.3, 0.4) is 0 Å². The van der Waals surface area contributed by atoms with Gasteiger partial charge in [0.2, 0.25) is 5.91 Å². The Morgan fingerprint density at radius 3 is 2.38 bits per heavy atom. The van der Waals surface area contributed by atoms with Crippen LogP contribution >= 0.6 is 0 Å². The number of anilines is 1. The Bertz CT molecular complexity index is 579. The fraction of sp³-hybridized carbons (Fsp3) is 0.235. The molecule has 0 heterocycles. The maximum atomic E-state index is 12.7. The van der Waals surface area contributed by atoms with E-state index in [0.717, 1.165) is 23.2 Å². The number of benzene rings is 2. The number of halogens is 1. The lowest BCUT2D eigenvalue weighted by atomic mass is 10.1. The standard InChI is InChI=1S/C17H19FN2O/c1-13-2-8-16(9-3-13)20-17(21)12-19-11-10-14-4-6-15(18)7-5-14/h2-9,19H,10-12H2,1H3,(H,20,21). The predicted molar refractivity (Wildman–Crippen MR) is 82.8 cm³/mol. The van der Waals surface area contributed by atoms with Crippen LogP contribution in [0.1, 0.15) is 11.1 Å². The summed E-state index contributed by atoms with van der Waals surface area (Å²) in [5, 5.41) is 5.90. The van der Waals surface area contributed by atoms with E-state index in [1.54, 1.807) is 12.1 Å². The topological polar surface area (TPSA) is 41.1 Å². The molecule has 21 heavy (non-hydrogen) atoms. The third kappa shape index (κ3) is 5.36. The third-order valence-corrected chi connectivity index (χ3v) is 3.12. The number of hydrogen-bond acceptors (Lipinski definition) is 2. The first kappa shape index (κ1) is 15.2. The highest BCUT2D eigenvalue weighted by Gasteiger charge is 2.01. The molecule has 2 aromatic carbocycles. The van der Waals surface area contributed by atoms with Gasteiger partial charge in [0.25, 0.3) is 0 Å². The number of carbonyl (C=O) groups is 1. The third-order valence-electron chi connectivity index (χ3n) is 3.12. The average Bonchev–Trinajstić information content (AvgIpc) is 2.48. The Kier molecular flexibility index (Phi) is 5.46. The van der Waals surface area contributed by atoms with Crippen LogP contribution in [0.5, 0.6) is 0 Å². The first-order chi connectivity index (χ1) is 10.1. The largest absolute Gasteiger partial charge is 0.325 e. The van der Waals surface area contributed by atoms with Gasteiger partial charge in [-0.15, -0.1) is 0 Å². The average molecular weight is 286 g/mol. The first-order valence-electron chi connectivity index (χ1n) is 6.95. The molecule has 0 fully saturated rings. The van der Waals surface area contributed by atoms with Crippen molar-refractivity contribution in [3.63, 3.8) is 0 Å². The summed E-state index contributed by atoms with van der Waals surface area (Å²) in [4.78, 5) is 11.7. The van der Waals surface area contributed by atoms with E-state index < -0.39 is 0 Å². The molecule has 0 saturated carbocycles. The maximum absolute atomic E-state index is 12.7. The van der Waals surface area contributed by atoms with E-state index in [1.165, 1.54) is 12.1 Å². The molecular weight excluding hydrogens is 267 g/mol. The molecule has 2 rings (SSSR count). The van der Waals surface area contributed by atoms with Crippen LogP contribution in [0.4, 0.5) is 10.1 Å². The van der Waals surface area contributed by atoms with E-state index in [1.807, 2.05) is 31.2 Å². The summed E-state index contributed by atoms with van der Waals surface area (Å²) in [7, 11) is 0. The van der Waals surface area contributed by atoms with Gasteiger partial charge in [-0.2, -0.15) is 0 Å². The summed E-state index contributed by atoms with van der Waals surface area (Å²) >= 11 is 0. The second-order valence-electron chi connectivity index (χ2n) is 4.97. The number of aryl methyl sites for hydroxylation is 1. The molecule has 2 N–H and O–H groups in total. The van der Waals surface area contributed by atoms with E-state index in [4.69, 9.17) is 0 Å². The summed E-state index contributed by atoms with van der Waals surface area (Å²) in [5.74, 6) is -0.304. The van der Waals surface area contributed by atoms with E-state index in [-0.39, 0.29) is 18.3 Å². The van der Waals surface area contributed by atoms with Crippen molar-refractivity contribution >= 4 is 11.6 Å². The van der Waals surface area contributed by atoms with Crippen molar-refractivity contribution in [3.05, 3.63) is 65.5 Å². The number of carbonyl (C=O) groups excluding carboxylic acids is 1. The minimum atomic E-state index is -0.232. The lowest BCUT2D eigenvalue weighted by Gasteiger charge is -2.07. The molecule has 2 aromatic rings. The van der Waals surface area contributed by atoms with Crippen molar-refractivity contribution < 1.29 is 9.18 Å². The normalized spacial score (nSPS) is 10.4. The highest BCUT2D eigenvalue weighted by Crippen LogP contribution is 2.08. The Balaban J connectivity index is 1.67. The zero-order valence-corrected chi connectivity index (χ0v) is 12.0. The van der Waals surface area contributed by atoms with Crippen LogP contribution in [-0.2, 0) is 11.2 Å². The maximum Gasteiger partial charge on any atom is 0.238 e. The number of hydrogen-bond donors (Lipinski definition) is 2. The highest BCUT2D eigenvalue weighted by atomic mass is 19.1. The van der Waals surface area contributed by atoms with Crippen LogP contribution in [-0.4, -0.2) is 19.0 Å². The molecule has 0 aliphatic carbocycles. The molecule has 0 radical (unpaired) electrons. The molecule has 0 atom stereocenters. The molecule has 0 unspecified atom stereocenters. The first-order valence-corrected chi connectivity index (χ1v) is 6.95. The molecular formula is C17H19FN2O. The summed E-state index contributed by atoms with van der Waals surface area (Å²) in [6.45, 7) is 2.94. The van der Waals surface area contributed by atoms with E-state index >= 15 is 0 Å². The Morgan fingerprint density at radius 2 is 1.71 bits per heavy atom. The fourth-order valence-corrected chi connectivity index (χ4v) is 1.93. The van der Waals surface area contributed by atoms with Crippen LogP contribution in [0.15, 0.2) is 48.5 Å². The molecule has 0 bridgehead atoms. The molecule has 1 amide bonds. The summed E-state index contributed by atoms with van der Waals surface area (Å²) in [6.07, 6.45) is 0.762. The Hall–Kier alpha value is -2.20. The summed E-state index contributed by atoms with van der Waals surface area (Å²) in [5.41, 5.74) is 3.00. The van der Waals surface area contributed by atoms with Crippen molar-refractivity contribution in [2.75, 3.05) is 18.4 Å². The zero-order valence-electron chi connectivity index (χ0n) is 12.0. The van der Waals surface area contributed by atoms with Gasteiger partial charge in [-0.05, 0) is 49.7 Å². The summed E-state index contributed by atoms with van der Waals surface area (Å²) < 4.78 is 12.7. The molecule has 3 nitrogen and oxygen atoms in total. The van der Waals surface area contributed by atoms with Gasteiger partial charge in [0.05, 0.1) is 6.54 Å². The molecule has 4 heteroatoms. The fourth-order valence-electron chi connectivity index (χ4n) is 1.93. The Labute approximate surface area is 124 Å². The van der Waals surface area contributed by atoms with Crippen LogP contribution in [0.2, 0.25) is 0 Å². The second kappa shape index (κ2) is 7.55. The zero-order chi connectivity index (χ0) is 15.1. The van der Waals surface area contributed by atoms with E-state index in [0.29, 0.717) is 6.54 Å². The quantitative estimate of drug-likeness (QED) is 0.802. The molecule has 0 spiro atoms. The SMILES string of the molecule is Cc1ccc(NC(=O)CNCCc2ccc(F)cc2)cc1. The van der Waals surface area contributed by atoms with Crippen molar-refractivity contribution in [2.45, 2.75) is 13.3 Å². The van der Waals surface area contributed by atoms with Gasteiger partial charge in [-0.25, -0.2) is 4.39 Å². The van der Waals surface area contributed by atoms with Gasteiger partial charge in [-0.1, -0.05) is 29.8 Å². The van der Waals surface area contributed by atoms with E-state index in [2.05, 4.69) is 10.6 Å². The molecule has 0 aromatic heterocycles. The lowest BCUT2D eigenvalue weighted by molar-refractivity contribution is -0.115. The number of nitrogens with one attached hydrogen (secondary N) is 2. The van der Waals surface area contributed by atoms with Gasteiger partial charge < -0.3 is 10.6 Å². The molecule has 0 aliphatic heterocycles. The minimum Gasteiger partial charge on any atom is -0.325 e. The van der Waals surface area contributed by atoms with Crippen LogP contribution < -0.4 is 10.6 Å². The monoisotopic (exact) mass is 286 g/mol. The smallest absolute Gasteiger partial charge is 0.238 e. The summed E-state index contributed by atoms with van der Waals surface area (Å²) in [6, 6.07) is 14.1. The number of rotatable bonds is 6. The van der Waals surface area contributed by atoms with Gasteiger partial charge in [-0.3, -0.25) is 4.79 Å². The second-order valence-corrected chi connectivity index (χ2v) is 4.97. The predicted octanol–water partition coefficient (Wildman–Crippen LogP) is 2.90. The van der Waals surface area contributed by atoms with Crippen molar-refractivity contribution in [1.82, 2.24) is 5.32 Å². The van der Waals surface area contributed by atoms with Gasteiger partial charge in [0.1, 0.15) is 5.82 Å². The van der Waals surface area contributed by atoms with Crippen molar-refractivity contribution in [2.24, 2.45) is 0 Å². The van der Waals surface area contributed by atoms with Crippen LogP contribution in [0, 0.1) is 12.7 Å².